The summed E-state index contributed by atoms with van der Waals surface area (Å²) in [4.78, 5) is 89.5. The molecule has 17 nitrogen and oxygen atoms in total. The van der Waals surface area contributed by atoms with Gasteiger partial charge >= 0.3 is 40.1 Å². The number of amides is 10. The van der Waals surface area contributed by atoms with Gasteiger partial charge in [-0.3, -0.25) is 29.0 Å². The van der Waals surface area contributed by atoms with Crippen molar-refractivity contribution in [1.29, 1.82) is 0 Å². The van der Waals surface area contributed by atoms with Crippen molar-refractivity contribution in [2.45, 2.75) is 19.0 Å². The van der Waals surface area contributed by atoms with Crippen LogP contribution in [0.2, 0.25) is 0 Å². The van der Waals surface area contributed by atoms with E-state index in [0.29, 0.717) is 15.4 Å². The van der Waals surface area contributed by atoms with Crippen LogP contribution in [0.15, 0.2) is 30.3 Å². The van der Waals surface area contributed by atoms with E-state index in [2.05, 4.69) is 16.0 Å². The third-order valence-corrected chi connectivity index (χ3v) is 7.49. The minimum atomic E-state index is -4.61. The van der Waals surface area contributed by atoms with E-state index in [1.165, 1.54) is 24.1 Å². The molecule has 18 heteroatoms. The minimum absolute atomic E-state index is 0.0867. The number of imide groups is 2. The molecule has 0 bridgehead atoms. The molecule has 2 aliphatic heterocycles. The predicted octanol–water partition coefficient (Wildman–Crippen LogP) is -2.32. The first-order chi connectivity index (χ1) is 18.8. The van der Waals surface area contributed by atoms with Crippen LogP contribution in [-0.2, 0) is 29.4 Å². The molecule has 0 aliphatic carbocycles. The van der Waals surface area contributed by atoms with Crippen molar-refractivity contribution in [3.05, 3.63) is 35.9 Å². The second-order valence-corrected chi connectivity index (χ2v) is 10.3. The second-order valence-electron chi connectivity index (χ2n) is 8.58. The Morgan fingerprint density at radius 1 is 1.00 bits per heavy atom. The van der Waals surface area contributed by atoms with Crippen molar-refractivity contribution in [3.8, 4) is 0 Å². The third kappa shape index (κ3) is 6.11. The molecular weight excluding hydrogens is 552 g/mol. The fraction of sp³-hybridized carbons (Fsp3) is 0.409. The number of likely N-dealkylation sites (N-methyl/N-ethyl adjacent to an activating group) is 1. The molecule has 0 aromatic heterocycles. The first-order valence-electron chi connectivity index (χ1n) is 11.9. The number of urea groups is 3. The molecule has 2 saturated heterocycles. The molecule has 1 unspecified atom stereocenters. The Morgan fingerprint density at radius 2 is 1.65 bits per heavy atom. The number of likely N-dealkylation sites (tertiary alicyclic amines) is 1. The van der Waals surface area contributed by atoms with Gasteiger partial charge in [-0.05, 0) is 12.5 Å². The number of nitrogens with one attached hydrogen (secondary N) is 4. The van der Waals surface area contributed by atoms with Gasteiger partial charge in [-0.25, -0.2) is 23.4 Å². The van der Waals surface area contributed by atoms with Gasteiger partial charge in [0.1, 0.15) is 12.1 Å². The molecule has 10 amide bonds. The van der Waals surface area contributed by atoms with Crippen LogP contribution in [0.1, 0.15) is 18.5 Å². The average molecular weight is 581 g/mol. The van der Waals surface area contributed by atoms with Crippen molar-refractivity contribution in [1.82, 2.24) is 39.7 Å². The summed E-state index contributed by atoms with van der Waals surface area (Å²) in [7, 11) is -2.54. The van der Waals surface area contributed by atoms with E-state index in [0.717, 1.165) is 7.05 Å². The zero-order valence-corrected chi connectivity index (χ0v) is 22.6. The quantitative estimate of drug-likeness (QED) is 0.201. The molecule has 4 N–H and O–H groups in total. The summed E-state index contributed by atoms with van der Waals surface area (Å²) in [6, 6.07) is 1.88. The Hall–Kier alpha value is -4.74. The lowest BCUT2D eigenvalue weighted by atomic mass is 10.0. The van der Waals surface area contributed by atoms with E-state index in [-0.39, 0.29) is 23.9 Å². The van der Waals surface area contributed by atoms with Crippen LogP contribution in [0.4, 0.5) is 14.4 Å². The maximum Gasteiger partial charge on any atom is 0.339 e. The normalized spacial score (nSPS) is 17.9. The number of piperazine rings is 1. The zero-order valence-electron chi connectivity index (χ0n) is 21.7. The van der Waals surface area contributed by atoms with Crippen LogP contribution in [-0.4, -0.2) is 115 Å². The summed E-state index contributed by atoms with van der Waals surface area (Å²) in [5.74, 6) is -3.72. The Labute approximate surface area is 229 Å². The summed E-state index contributed by atoms with van der Waals surface area (Å²) in [6.07, 6.45) is 0. The van der Waals surface area contributed by atoms with Crippen LogP contribution >= 0.6 is 0 Å². The van der Waals surface area contributed by atoms with Crippen molar-refractivity contribution >= 4 is 51.9 Å². The first-order valence-corrected chi connectivity index (χ1v) is 13.4. The van der Waals surface area contributed by atoms with Gasteiger partial charge in [-0.15, -0.1) is 0 Å². The number of hydrogen-bond acceptors (Lipinski definition) is 9. The van der Waals surface area contributed by atoms with Crippen LogP contribution in [0.3, 0.4) is 0 Å². The maximum absolute atomic E-state index is 13.1. The van der Waals surface area contributed by atoms with Crippen LogP contribution < -0.4 is 20.7 Å². The highest BCUT2D eigenvalue weighted by Crippen LogP contribution is 2.18. The molecule has 2 heterocycles. The Balaban J connectivity index is 1.67. The van der Waals surface area contributed by atoms with Gasteiger partial charge in [0.05, 0.1) is 6.54 Å². The van der Waals surface area contributed by atoms with E-state index < -0.39 is 70.6 Å². The van der Waals surface area contributed by atoms with E-state index in [4.69, 9.17) is 0 Å². The standard InChI is InChI=1S/C22H28N8O9S/c1-4-28-10-11-29(19(34)18(28)33)21(36)25-15(13-8-6-5-7-9-13)16(31)24-14-12-30(17(14)32)22(37)26-40(38,39)27(3)20(35)23-2/h5-9,14-15H,4,10-12H2,1-3H3,(H,23,35)(H,24,31)(H,25,36)(H,26,37)/t14-,15?/m0/s1. The number of hydrogen-bond donors (Lipinski definition) is 4. The fourth-order valence-electron chi connectivity index (χ4n) is 3.79. The van der Waals surface area contributed by atoms with Crippen molar-refractivity contribution in [3.63, 3.8) is 0 Å². The lowest BCUT2D eigenvalue weighted by molar-refractivity contribution is -0.153. The number of nitrogens with zero attached hydrogens (tertiary/aromatic N) is 4. The highest BCUT2D eigenvalue weighted by molar-refractivity contribution is 7.88. The van der Waals surface area contributed by atoms with Gasteiger partial charge in [0, 0.05) is 33.7 Å². The predicted molar refractivity (Wildman–Crippen MR) is 135 cm³/mol. The molecule has 0 radical (unpaired) electrons. The van der Waals surface area contributed by atoms with Gasteiger partial charge in [0.2, 0.25) is 5.91 Å². The van der Waals surface area contributed by atoms with E-state index >= 15 is 0 Å². The average Bonchev–Trinajstić information content (AvgIpc) is 2.93. The molecule has 0 saturated carbocycles. The number of carbonyl (C=O) groups is 7. The molecule has 2 aliphatic rings. The number of β-lactam (4-membered cyclic amide) rings is 1. The number of carbonyl (C=O) groups excluding carboxylic acids is 7. The van der Waals surface area contributed by atoms with Crippen LogP contribution in [0.5, 0.6) is 0 Å². The highest BCUT2D eigenvalue weighted by atomic mass is 32.2. The van der Waals surface area contributed by atoms with E-state index in [1.54, 1.807) is 29.8 Å². The molecule has 1 aromatic rings. The summed E-state index contributed by atoms with van der Waals surface area (Å²) in [5, 5.41) is 6.85. The monoisotopic (exact) mass is 580 g/mol. The lowest BCUT2D eigenvalue weighted by Gasteiger charge is -2.37. The molecule has 40 heavy (non-hydrogen) atoms. The maximum atomic E-state index is 13.1. The molecule has 0 spiro atoms. The van der Waals surface area contributed by atoms with Gasteiger partial charge in [0.25, 0.3) is 5.91 Å². The molecule has 1 aromatic carbocycles. The van der Waals surface area contributed by atoms with Crippen molar-refractivity contribution < 1.29 is 42.0 Å². The van der Waals surface area contributed by atoms with Crippen LogP contribution in [0.25, 0.3) is 0 Å². The SMILES string of the molecule is CCN1CCN(C(=O)NC(C(=O)N[C@H]2CN(C(=O)NS(=O)(=O)N(C)C(=O)NC)C2=O)c2ccccc2)C(=O)C1=O. The highest BCUT2D eigenvalue weighted by Gasteiger charge is 2.45. The van der Waals surface area contributed by atoms with Crippen molar-refractivity contribution in [2.75, 3.05) is 40.3 Å². The summed E-state index contributed by atoms with van der Waals surface area (Å²) >= 11 is 0. The number of benzene rings is 1. The summed E-state index contributed by atoms with van der Waals surface area (Å²) < 4.78 is 26.1. The van der Waals surface area contributed by atoms with E-state index in [1.807, 2.05) is 0 Å². The topological polar surface area (TPSA) is 215 Å². The smallest absolute Gasteiger partial charge is 0.339 e. The third-order valence-electron chi connectivity index (χ3n) is 6.17. The van der Waals surface area contributed by atoms with Gasteiger partial charge in [0.15, 0.2) is 0 Å². The number of rotatable bonds is 7. The van der Waals surface area contributed by atoms with Crippen molar-refractivity contribution in [2.24, 2.45) is 0 Å². The Kier molecular flexibility index (Phi) is 8.92. The minimum Gasteiger partial charge on any atom is -0.341 e. The summed E-state index contributed by atoms with van der Waals surface area (Å²) in [6.45, 7) is 1.61. The van der Waals surface area contributed by atoms with Crippen LogP contribution in [0, 0.1) is 0 Å². The molecule has 2 fully saturated rings. The van der Waals surface area contributed by atoms with Gasteiger partial charge < -0.3 is 20.9 Å². The second kappa shape index (κ2) is 12.0. The lowest BCUT2D eigenvalue weighted by Crippen LogP contribution is -2.68. The molecule has 2 atom stereocenters. The molecular formula is C22H28N8O9S. The zero-order chi connectivity index (χ0) is 29.8. The largest absolute Gasteiger partial charge is 0.341 e. The Morgan fingerprint density at radius 3 is 2.23 bits per heavy atom. The molecule has 216 valence electrons. The van der Waals surface area contributed by atoms with Gasteiger partial charge in [-0.2, -0.15) is 8.42 Å². The molecule has 3 rings (SSSR count). The fourth-order valence-corrected chi connectivity index (χ4v) is 4.57. The first kappa shape index (κ1) is 29.8. The van der Waals surface area contributed by atoms with E-state index in [9.17, 15) is 42.0 Å². The Bertz CT molecular complexity index is 1340. The van der Waals surface area contributed by atoms with Gasteiger partial charge in [-0.1, -0.05) is 30.3 Å². The summed E-state index contributed by atoms with van der Waals surface area (Å²) in [5.41, 5.74) is 0.295.